The maximum absolute atomic E-state index is 12.6. The highest BCUT2D eigenvalue weighted by Crippen LogP contribution is 2.24. The van der Waals surface area contributed by atoms with Crippen LogP contribution in [0.5, 0.6) is 0 Å². The molecule has 1 aromatic carbocycles. The normalized spacial score (nSPS) is 18.2. The Morgan fingerprint density at radius 3 is 2.21 bits per heavy atom. The molecule has 1 aromatic heterocycles. The number of carbonyl (C=O) groups excluding carboxylic acids is 1. The lowest BCUT2D eigenvalue weighted by molar-refractivity contribution is 0.208. The lowest BCUT2D eigenvalue weighted by Crippen LogP contribution is -2.50. The molecule has 0 spiro atoms. The van der Waals surface area contributed by atoms with E-state index in [1.807, 2.05) is 23.1 Å². The highest BCUT2D eigenvalue weighted by molar-refractivity contribution is 5.89. The molecule has 7 heteroatoms. The standard InChI is InChI=1S/C21H28N6O/c1-17-7-11-25(12-8-17)19-5-3-18(4-6-19)24-21(28)27-15-13-26(14-16-27)20-22-9-2-10-23-20/h2-6,9-10,17H,7-8,11-16H2,1H3,(H,24,28). The number of benzene rings is 1. The molecule has 28 heavy (non-hydrogen) atoms. The first-order valence-corrected chi connectivity index (χ1v) is 10.1. The number of piperidine rings is 1. The van der Waals surface area contributed by atoms with Gasteiger partial charge in [-0.3, -0.25) is 0 Å². The van der Waals surface area contributed by atoms with Gasteiger partial charge in [-0.1, -0.05) is 6.92 Å². The fourth-order valence-electron chi connectivity index (χ4n) is 3.79. The summed E-state index contributed by atoms with van der Waals surface area (Å²) < 4.78 is 0. The summed E-state index contributed by atoms with van der Waals surface area (Å²) in [6.45, 7) is 7.35. The number of nitrogens with zero attached hydrogens (tertiary/aromatic N) is 5. The third-order valence-corrected chi connectivity index (χ3v) is 5.67. The number of nitrogens with one attached hydrogen (secondary N) is 1. The van der Waals surface area contributed by atoms with E-state index in [0.717, 1.165) is 43.7 Å². The number of piperazine rings is 1. The maximum Gasteiger partial charge on any atom is 0.321 e. The lowest BCUT2D eigenvalue weighted by atomic mass is 9.99. The van der Waals surface area contributed by atoms with Gasteiger partial charge in [0.2, 0.25) is 5.95 Å². The summed E-state index contributed by atoms with van der Waals surface area (Å²) in [4.78, 5) is 27.5. The summed E-state index contributed by atoms with van der Waals surface area (Å²) in [6, 6.07) is 9.98. The van der Waals surface area contributed by atoms with Crippen molar-refractivity contribution in [3.8, 4) is 0 Å². The smallest absolute Gasteiger partial charge is 0.321 e. The van der Waals surface area contributed by atoms with Crippen LogP contribution in [-0.4, -0.2) is 60.2 Å². The zero-order valence-electron chi connectivity index (χ0n) is 16.4. The molecule has 0 saturated carbocycles. The Morgan fingerprint density at radius 1 is 0.929 bits per heavy atom. The zero-order chi connectivity index (χ0) is 19.3. The number of rotatable bonds is 3. The van der Waals surface area contributed by atoms with Crippen LogP contribution in [0.1, 0.15) is 19.8 Å². The van der Waals surface area contributed by atoms with Crippen LogP contribution < -0.4 is 15.1 Å². The van der Waals surface area contributed by atoms with Crippen molar-refractivity contribution in [1.82, 2.24) is 14.9 Å². The number of anilines is 3. The molecule has 3 heterocycles. The van der Waals surface area contributed by atoms with Crippen molar-refractivity contribution in [2.24, 2.45) is 5.92 Å². The molecule has 1 N–H and O–H groups in total. The van der Waals surface area contributed by atoms with Gasteiger partial charge in [0.25, 0.3) is 0 Å². The van der Waals surface area contributed by atoms with E-state index in [4.69, 9.17) is 0 Å². The third kappa shape index (κ3) is 4.35. The predicted octanol–water partition coefficient (Wildman–Crippen LogP) is 3.07. The summed E-state index contributed by atoms with van der Waals surface area (Å²) in [6.07, 6.45) is 5.99. The monoisotopic (exact) mass is 380 g/mol. The summed E-state index contributed by atoms with van der Waals surface area (Å²) in [7, 11) is 0. The molecule has 2 amide bonds. The number of urea groups is 1. The summed E-state index contributed by atoms with van der Waals surface area (Å²) in [5, 5.41) is 3.02. The molecule has 0 radical (unpaired) electrons. The molecule has 0 aliphatic carbocycles. The Labute approximate surface area is 166 Å². The Hall–Kier alpha value is -2.83. The van der Waals surface area contributed by atoms with Crippen LogP contribution in [0.2, 0.25) is 0 Å². The third-order valence-electron chi connectivity index (χ3n) is 5.67. The number of hydrogen-bond acceptors (Lipinski definition) is 5. The quantitative estimate of drug-likeness (QED) is 0.887. The number of aromatic nitrogens is 2. The van der Waals surface area contributed by atoms with Crippen LogP contribution in [0.15, 0.2) is 42.7 Å². The first kappa shape index (κ1) is 18.5. The van der Waals surface area contributed by atoms with Crippen LogP contribution in [0.25, 0.3) is 0 Å². The van der Waals surface area contributed by atoms with Crippen molar-refractivity contribution in [2.75, 3.05) is 54.4 Å². The van der Waals surface area contributed by atoms with Gasteiger partial charge >= 0.3 is 6.03 Å². The van der Waals surface area contributed by atoms with Crippen molar-refractivity contribution < 1.29 is 4.79 Å². The fraction of sp³-hybridized carbons (Fsp3) is 0.476. The zero-order valence-corrected chi connectivity index (χ0v) is 16.4. The Kier molecular flexibility index (Phi) is 5.60. The number of amides is 2. The molecule has 0 unspecified atom stereocenters. The Balaban J connectivity index is 1.28. The molecular weight excluding hydrogens is 352 g/mol. The van der Waals surface area contributed by atoms with Gasteiger partial charge in [-0.25, -0.2) is 14.8 Å². The first-order chi connectivity index (χ1) is 13.7. The van der Waals surface area contributed by atoms with E-state index in [2.05, 4.69) is 44.1 Å². The highest BCUT2D eigenvalue weighted by atomic mass is 16.2. The van der Waals surface area contributed by atoms with E-state index in [9.17, 15) is 4.79 Å². The molecular formula is C21H28N6O. The van der Waals surface area contributed by atoms with Gasteiger partial charge in [0.05, 0.1) is 0 Å². The molecule has 2 aliphatic rings. The molecule has 2 fully saturated rings. The molecule has 4 rings (SSSR count). The highest BCUT2D eigenvalue weighted by Gasteiger charge is 2.22. The summed E-state index contributed by atoms with van der Waals surface area (Å²) in [5.74, 6) is 1.55. The van der Waals surface area contributed by atoms with Crippen molar-refractivity contribution >= 4 is 23.4 Å². The van der Waals surface area contributed by atoms with E-state index in [1.54, 1.807) is 12.4 Å². The van der Waals surface area contributed by atoms with E-state index in [-0.39, 0.29) is 6.03 Å². The minimum atomic E-state index is -0.0480. The molecule has 0 atom stereocenters. The number of hydrogen-bond donors (Lipinski definition) is 1. The van der Waals surface area contributed by atoms with E-state index in [1.165, 1.54) is 18.5 Å². The van der Waals surface area contributed by atoms with Crippen LogP contribution in [-0.2, 0) is 0 Å². The second kappa shape index (κ2) is 8.46. The van der Waals surface area contributed by atoms with E-state index < -0.39 is 0 Å². The average molecular weight is 380 g/mol. The maximum atomic E-state index is 12.6. The second-order valence-corrected chi connectivity index (χ2v) is 7.67. The van der Waals surface area contributed by atoms with Crippen molar-refractivity contribution in [3.63, 3.8) is 0 Å². The van der Waals surface area contributed by atoms with Gasteiger partial charge in [-0.15, -0.1) is 0 Å². The molecule has 148 valence electrons. The topological polar surface area (TPSA) is 64.6 Å². The Bertz CT molecular complexity index is 765. The second-order valence-electron chi connectivity index (χ2n) is 7.67. The van der Waals surface area contributed by atoms with E-state index >= 15 is 0 Å². The van der Waals surface area contributed by atoms with Gasteiger partial charge in [-0.05, 0) is 49.1 Å². The summed E-state index contributed by atoms with van der Waals surface area (Å²) in [5.41, 5.74) is 2.08. The van der Waals surface area contributed by atoms with Crippen LogP contribution >= 0.6 is 0 Å². The van der Waals surface area contributed by atoms with Gasteiger partial charge in [0.15, 0.2) is 0 Å². The van der Waals surface area contributed by atoms with Crippen molar-refractivity contribution in [2.45, 2.75) is 19.8 Å². The predicted molar refractivity (Wildman–Crippen MR) is 112 cm³/mol. The van der Waals surface area contributed by atoms with E-state index in [0.29, 0.717) is 13.1 Å². The van der Waals surface area contributed by atoms with Crippen LogP contribution in [0.4, 0.5) is 22.1 Å². The average Bonchev–Trinajstić information content (AvgIpc) is 2.76. The van der Waals surface area contributed by atoms with Crippen LogP contribution in [0, 0.1) is 5.92 Å². The largest absolute Gasteiger partial charge is 0.372 e. The molecule has 7 nitrogen and oxygen atoms in total. The van der Waals surface area contributed by atoms with Crippen LogP contribution in [0.3, 0.4) is 0 Å². The minimum Gasteiger partial charge on any atom is -0.372 e. The van der Waals surface area contributed by atoms with Gasteiger partial charge in [0.1, 0.15) is 0 Å². The molecule has 2 aliphatic heterocycles. The Morgan fingerprint density at radius 2 is 1.57 bits per heavy atom. The SMILES string of the molecule is CC1CCN(c2ccc(NC(=O)N3CCN(c4ncccn4)CC3)cc2)CC1. The van der Waals surface area contributed by atoms with Gasteiger partial charge < -0.3 is 20.0 Å². The number of carbonyl (C=O) groups is 1. The fourth-order valence-corrected chi connectivity index (χ4v) is 3.79. The first-order valence-electron chi connectivity index (χ1n) is 10.1. The molecule has 0 bridgehead atoms. The van der Waals surface area contributed by atoms with Crippen molar-refractivity contribution in [1.29, 1.82) is 0 Å². The lowest BCUT2D eigenvalue weighted by Gasteiger charge is -2.34. The summed E-state index contributed by atoms with van der Waals surface area (Å²) >= 11 is 0. The van der Waals surface area contributed by atoms with Gasteiger partial charge in [0, 0.05) is 63.0 Å². The van der Waals surface area contributed by atoms with Crippen molar-refractivity contribution in [3.05, 3.63) is 42.7 Å². The minimum absolute atomic E-state index is 0.0480. The van der Waals surface area contributed by atoms with Gasteiger partial charge in [-0.2, -0.15) is 0 Å². The molecule has 2 aromatic rings. The molecule has 2 saturated heterocycles.